The summed E-state index contributed by atoms with van der Waals surface area (Å²) >= 11 is 1.77. The molecule has 0 bridgehead atoms. The molecule has 3 nitrogen and oxygen atoms in total. The van der Waals surface area contributed by atoms with Crippen LogP contribution in [0.3, 0.4) is 0 Å². The fourth-order valence-corrected chi connectivity index (χ4v) is 2.00. The van der Waals surface area contributed by atoms with E-state index in [1.165, 1.54) is 4.90 Å². The molecule has 0 saturated carbocycles. The van der Waals surface area contributed by atoms with Crippen LogP contribution in [0.4, 0.5) is 5.69 Å². The van der Waals surface area contributed by atoms with Gasteiger partial charge in [0, 0.05) is 17.6 Å². The van der Waals surface area contributed by atoms with E-state index in [2.05, 4.69) is 6.92 Å². The summed E-state index contributed by atoms with van der Waals surface area (Å²) in [5, 5.41) is 8.70. The second kappa shape index (κ2) is 6.55. The molecule has 0 fully saturated rings. The lowest BCUT2D eigenvalue weighted by molar-refractivity contribution is -0.118. The van der Waals surface area contributed by atoms with E-state index in [-0.39, 0.29) is 18.9 Å². The van der Waals surface area contributed by atoms with Crippen molar-refractivity contribution in [1.82, 2.24) is 0 Å². The van der Waals surface area contributed by atoms with Crippen LogP contribution < -0.4 is 4.90 Å². The van der Waals surface area contributed by atoms with Crippen molar-refractivity contribution in [3.63, 3.8) is 0 Å². The summed E-state index contributed by atoms with van der Waals surface area (Å²) in [6.45, 7) is 2.00. The van der Waals surface area contributed by atoms with Gasteiger partial charge in [-0.05, 0) is 30.0 Å². The third-order valence-corrected chi connectivity index (χ3v) is 3.13. The number of rotatable bonds is 5. The first kappa shape index (κ1) is 13.1. The van der Waals surface area contributed by atoms with Crippen LogP contribution in [-0.4, -0.2) is 30.4 Å². The molecule has 88 valence electrons. The Morgan fingerprint density at radius 3 is 2.50 bits per heavy atom. The number of aliphatic hydroxyl groups is 1. The molecule has 0 aliphatic rings. The summed E-state index contributed by atoms with van der Waals surface area (Å²) < 4.78 is 0. The van der Waals surface area contributed by atoms with Crippen LogP contribution in [0.15, 0.2) is 29.2 Å². The topological polar surface area (TPSA) is 40.5 Å². The van der Waals surface area contributed by atoms with Crippen molar-refractivity contribution in [3.05, 3.63) is 24.3 Å². The van der Waals surface area contributed by atoms with Gasteiger partial charge < -0.3 is 10.0 Å². The first-order valence-corrected chi connectivity index (χ1v) is 6.28. The monoisotopic (exact) mass is 239 g/mol. The molecule has 0 aliphatic heterocycles. The quantitative estimate of drug-likeness (QED) is 0.800. The molecule has 0 heterocycles. The number of carbonyl (C=O) groups is 1. The lowest BCUT2D eigenvalue weighted by Crippen LogP contribution is -2.26. The van der Waals surface area contributed by atoms with Gasteiger partial charge >= 0.3 is 0 Å². The first-order chi connectivity index (χ1) is 7.69. The molecule has 0 radical (unpaired) electrons. The predicted octanol–water partition coefficient (Wildman–Crippen LogP) is 2.14. The standard InChI is InChI=1S/C12H17NO2S/c1-3-16-11-6-4-10(5-7-11)13(2)12(15)8-9-14/h4-7,14H,3,8-9H2,1-2H3. The zero-order valence-corrected chi connectivity index (χ0v) is 10.5. The van der Waals surface area contributed by atoms with Gasteiger partial charge in [0.1, 0.15) is 0 Å². The Morgan fingerprint density at radius 1 is 1.38 bits per heavy atom. The van der Waals surface area contributed by atoms with E-state index in [9.17, 15) is 4.79 Å². The van der Waals surface area contributed by atoms with E-state index in [1.54, 1.807) is 23.7 Å². The molecule has 16 heavy (non-hydrogen) atoms. The highest BCUT2D eigenvalue weighted by Crippen LogP contribution is 2.21. The highest BCUT2D eigenvalue weighted by atomic mass is 32.2. The molecule has 0 saturated heterocycles. The SMILES string of the molecule is CCSc1ccc(N(C)C(=O)CCO)cc1. The Morgan fingerprint density at radius 2 is 2.00 bits per heavy atom. The maximum Gasteiger partial charge on any atom is 0.229 e. The minimum Gasteiger partial charge on any atom is -0.396 e. The van der Waals surface area contributed by atoms with Crippen molar-refractivity contribution in [2.24, 2.45) is 0 Å². The van der Waals surface area contributed by atoms with Gasteiger partial charge in [0.15, 0.2) is 0 Å². The number of hydrogen-bond donors (Lipinski definition) is 1. The fourth-order valence-electron chi connectivity index (χ4n) is 1.34. The van der Waals surface area contributed by atoms with Crippen LogP contribution >= 0.6 is 11.8 Å². The van der Waals surface area contributed by atoms with Gasteiger partial charge in [0.2, 0.25) is 5.91 Å². The van der Waals surface area contributed by atoms with Crippen LogP contribution in [0.2, 0.25) is 0 Å². The van der Waals surface area contributed by atoms with Crippen molar-refractivity contribution in [3.8, 4) is 0 Å². The van der Waals surface area contributed by atoms with Crippen molar-refractivity contribution >= 4 is 23.4 Å². The minimum absolute atomic E-state index is 0.0709. The van der Waals surface area contributed by atoms with Crippen LogP contribution in [0.25, 0.3) is 0 Å². The molecule has 0 aromatic heterocycles. The second-order valence-electron chi connectivity index (χ2n) is 3.35. The number of amides is 1. The van der Waals surface area contributed by atoms with Crippen LogP contribution in [0, 0.1) is 0 Å². The number of thioether (sulfide) groups is 1. The van der Waals surface area contributed by atoms with Crippen LogP contribution in [0.1, 0.15) is 13.3 Å². The molecule has 1 amide bonds. The number of anilines is 1. The van der Waals surface area contributed by atoms with Crippen LogP contribution in [-0.2, 0) is 4.79 Å². The zero-order valence-electron chi connectivity index (χ0n) is 9.64. The molecule has 1 aromatic carbocycles. The van der Waals surface area contributed by atoms with Gasteiger partial charge in [-0.15, -0.1) is 11.8 Å². The molecular weight excluding hydrogens is 222 g/mol. The van der Waals surface area contributed by atoms with Crippen molar-refractivity contribution < 1.29 is 9.90 Å². The molecular formula is C12H17NO2S. The highest BCUT2D eigenvalue weighted by Gasteiger charge is 2.09. The number of aliphatic hydroxyl groups excluding tert-OH is 1. The lowest BCUT2D eigenvalue weighted by atomic mass is 10.3. The summed E-state index contributed by atoms with van der Waals surface area (Å²) in [7, 11) is 1.72. The van der Waals surface area contributed by atoms with E-state index in [0.717, 1.165) is 11.4 Å². The molecule has 1 aromatic rings. The molecule has 0 unspecified atom stereocenters. The average molecular weight is 239 g/mol. The third-order valence-electron chi connectivity index (χ3n) is 2.23. The van der Waals surface area contributed by atoms with Crippen molar-refractivity contribution in [2.75, 3.05) is 24.3 Å². The minimum atomic E-state index is -0.104. The molecule has 0 atom stereocenters. The van der Waals surface area contributed by atoms with Crippen molar-refractivity contribution in [2.45, 2.75) is 18.2 Å². The Balaban J connectivity index is 2.69. The first-order valence-electron chi connectivity index (χ1n) is 5.29. The van der Waals surface area contributed by atoms with E-state index in [0.29, 0.717) is 0 Å². The molecule has 1 N–H and O–H groups in total. The van der Waals surface area contributed by atoms with Gasteiger partial charge in [-0.2, -0.15) is 0 Å². The Hall–Kier alpha value is -1.00. The smallest absolute Gasteiger partial charge is 0.229 e. The Labute approximate surface area is 100 Å². The summed E-state index contributed by atoms with van der Waals surface area (Å²) in [6.07, 6.45) is 0.169. The molecule has 0 spiro atoms. The van der Waals surface area contributed by atoms with Gasteiger partial charge in [0.25, 0.3) is 0 Å². The van der Waals surface area contributed by atoms with E-state index in [4.69, 9.17) is 5.11 Å². The van der Waals surface area contributed by atoms with Gasteiger partial charge in [-0.1, -0.05) is 6.92 Å². The summed E-state index contributed by atoms with van der Waals surface area (Å²) in [6, 6.07) is 7.86. The van der Waals surface area contributed by atoms with E-state index >= 15 is 0 Å². The summed E-state index contributed by atoms with van der Waals surface area (Å²) in [5.74, 6) is 0.969. The Kier molecular flexibility index (Phi) is 5.35. The normalized spacial score (nSPS) is 10.2. The van der Waals surface area contributed by atoms with Gasteiger partial charge in [0.05, 0.1) is 13.0 Å². The van der Waals surface area contributed by atoms with E-state index in [1.807, 2.05) is 24.3 Å². The summed E-state index contributed by atoms with van der Waals surface area (Å²) in [4.78, 5) is 14.3. The average Bonchev–Trinajstić information content (AvgIpc) is 2.30. The number of hydrogen-bond acceptors (Lipinski definition) is 3. The molecule has 4 heteroatoms. The maximum atomic E-state index is 11.5. The third kappa shape index (κ3) is 3.54. The second-order valence-corrected chi connectivity index (χ2v) is 4.69. The maximum absolute atomic E-state index is 11.5. The fraction of sp³-hybridized carbons (Fsp3) is 0.417. The Bertz CT molecular complexity index is 337. The van der Waals surface area contributed by atoms with Crippen LogP contribution in [0.5, 0.6) is 0 Å². The lowest BCUT2D eigenvalue weighted by Gasteiger charge is -2.17. The number of carbonyl (C=O) groups excluding carboxylic acids is 1. The number of benzene rings is 1. The zero-order chi connectivity index (χ0) is 12.0. The molecule has 1 rings (SSSR count). The molecule has 0 aliphatic carbocycles. The van der Waals surface area contributed by atoms with Crippen molar-refractivity contribution in [1.29, 1.82) is 0 Å². The highest BCUT2D eigenvalue weighted by molar-refractivity contribution is 7.99. The van der Waals surface area contributed by atoms with E-state index < -0.39 is 0 Å². The summed E-state index contributed by atoms with van der Waals surface area (Å²) in [5.41, 5.74) is 0.860. The van der Waals surface area contributed by atoms with Gasteiger partial charge in [-0.25, -0.2) is 0 Å². The van der Waals surface area contributed by atoms with Gasteiger partial charge in [-0.3, -0.25) is 4.79 Å². The predicted molar refractivity (Wildman–Crippen MR) is 68.0 cm³/mol. The largest absolute Gasteiger partial charge is 0.396 e. The number of nitrogens with zero attached hydrogens (tertiary/aromatic N) is 1.